The zero-order valence-electron chi connectivity index (χ0n) is 12.6. The number of ether oxygens (including phenoxy) is 1. The number of Topliss-reactive ketones (excluding diaryl/α,β-unsaturated/α-hetero) is 1. The van der Waals surface area contributed by atoms with Crippen LogP contribution in [0.15, 0.2) is 35.6 Å². The summed E-state index contributed by atoms with van der Waals surface area (Å²) in [5, 5.41) is 19.8. The van der Waals surface area contributed by atoms with Gasteiger partial charge in [0.05, 0.1) is 18.2 Å². The summed E-state index contributed by atoms with van der Waals surface area (Å²) in [7, 11) is 1.51. The Morgan fingerprint density at radius 2 is 2.09 bits per heavy atom. The molecule has 0 fully saturated rings. The molecular weight excluding hydrogens is 286 g/mol. The zero-order valence-corrected chi connectivity index (χ0v) is 12.6. The van der Waals surface area contributed by atoms with Gasteiger partial charge >= 0.3 is 0 Å². The number of hydrogen-bond acceptors (Lipinski definition) is 5. The average molecular weight is 305 g/mol. The van der Waals surface area contributed by atoms with Gasteiger partial charge in [0, 0.05) is 20.1 Å². The van der Waals surface area contributed by atoms with Gasteiger partial charge in [0.25, 0.3) is 5.91 Å². The van der Waals surface area contributed by atoms with Crippen molar-refractivity contribution in [1.82, 2.24) is 4.90 Å². The third-order valence-electron chi connectivity index (χ3n) is 3.65. The molecule has 2 N–H and O–H groups in total. The topological polar surface area (TPSA) is 87.1 Å². The predicted octanol–water partition coefficient (Wildman–Crippen LogP) is 1.71. The van der Waals surface area contributed by atoms with E-state index in [1.807, 2.05) is 0 Å². The molecule has 1 aromatic carbocycles. The molecule has 6 heteroatoms. The monoisotopic (exact) mass is 305 g/mol. The number of ketones is 1. The molecule has 0 spiro atoms. The van der Waals surface area contributed by atoms with E-state index in [-0.39, 0.29) is 36.7 Å². The van der Waals surface area contributed by atoms with E-state index in [0.29, 0.717) is 5.56 Å². The summed E-state index contributed by atoms with van der Waals surface area (Å²) in [6.07, 6.45) is 0.181. The largest absolute Gasteiger partial charge is 0.508 e. The number of rotatable bonds is 6. The molecule has 1 aromatic rings. The summed E-state index contributed by atoms with van der Waals surface area (Å²) in [5.41, 5.74) is 0.652. The number of carbonyl (C=O) groups excluding carboxylic acids is 2. The van der Waals surface area contributed by atoms with E-state index in [1.165, 1.54) is 24.1 Å². The van der Waals surface area contributed by atoms with E-state index in [4.69, 9.17) is 4.74 Å². The molecule has 0 aliphatic carbocycles. The van der Waals surface area contributed by atoms with Crippen LogP contribution in [0.5, 0.6) is 5.75 Å². The molecule has 1 aliphatic heterocycles. The molecule has 1 aliphatic rings. The Balaban J connectivity index is 2.50. The first-order valence-electron chi connectivity index (χ1n) is 7.06. The molecule has 6 nitrogen and oxygen atoms in total. The maximum Gasteiger partial charge on any atom is 0.290 e. The standard InChI is InChI=1S/C16H19NO5/c1-3-12(19)13-14(10-5-4-6-11(18)9-10)17(7-8-22-2)16(21)15(13)20/h4-6,9,14,18,20H,3,7-8H2,1-2H3. The summed E-state index contributed by atoms with van der Waals surface area (Å²) >= 11 is 0. The molecule has 1 unspecified atom stereocenters. The number of aliphatic hydroxyl groups excluding tert-OH is 1. The van der Waals surface area contributed by atoms with Crippen molar-refractivity contribution in [2.24, 2.45) is 0 Å². The highest BCUT2D eigenvalue weighted by atomic mass is 16.5. The SMILES string of the molecule is CCC(=O)C1=C(O)C(=O)N(CCOC)C1c1cccc(O)c1. The van der Waals surface area contributed by atoms with Crippen LogP contribution in [0.1, 0.15) is 24.9 Å². The van der Waals surface area contributed by atoms with Crippen LogP contribution < -0.4 is 0 Å². The molecule has 0 saturated carbocycles. The van der Waals surface area contributed by atoms with Crippen molar-refractivity contribution in [3.63, 3.8) is 0 Å². The van der Waals surface area contributed by atoms with Gasteiger partial charge in [-0.1, -0.05) is 19.1 Å². The second kappa shape index (κ2) is 6.62. The number of benzene rings is 1. The van der Waals surface area contributed by atoms with Crippen LogP contribution in [0.3, 0.4) is 0 Å². The molecule has 1 heterocycles. The lowest BCUT2D eigenvalue weighted by Gasteiger charge is -2.26. The molecule has 0 bridgehead atoms. The lowest BCUT2D eigenvalue weighted by Crippen LogP contribution is -2.33. The first-order valence-corrected chi connectivity index (χ1v) is 7.06. The quantitative estimate of drug-likeness (QED) is 0.835. The van der Waals surface area contributed by atoms with Crippen LogP contribution in [-0.2, 0) is 14.3 Å². The van der Waals surface area contributed by atoms with Gasteiger partial charge in [-0.15, -0.1) is 0 Å². The van der Waals surface area contributed by atoms with Gasteiger partial charge < -0.3 is 19.8 Å². The fourth-order valence-electron chi connectivity index (χ4n) is 2.59. The van der Waals surface area contributed by atoms with Crippen LogP contribution >= 0.6 is 0 Å². The smallest absolute Gasteiger partial charge is 0.290 e. The molecule has 118 valence electrons. The Morgan fingerprint density at radius 1 is 1.36 bits per heavy atom. The Bertz CT molecular complexity index is 623. The molecular formula is C16H19NO5. The Labute approximate surface area is 128 Å². The van der Waals surface area contributed by atoms with Crippen LogP contribution in [0, 0.1) is 0 Å². The second-order valence-corrected chi connectivity index (χ2v) is 5.03. The molecule has 1 atom stereocenters. The normalized spacial score (nSPS) is 18.2. The van der Waals surface area contributed by atoms with E-state index in [1.54, 1.807) is 19.1 Å². The lowest BCUT2D eigenvalue weighted by molar-refractivity contribution is -0.130. The summed E-state index contributed by atoms with van der Waals surface area (Å²) in [4.78, 5) is 25.8. The van der Waals surface area contributed by atoms with Crippen molar-refractivity contribution < 1.29 is 24.5 Å². The van der Waals surface area contributed by atoms with Crippen LogP contribution in [0.4, 0.5) is 0 Å². The number of nitrogens with zero attached hydrogens (tertiary/aromatic N) is 1. The highest BCUT2D eigenvalue weighted by Gasteiger charge is 2.42. The van der Waals surface area contributed by atoms with Crippen molar-refractivity contribution in [3.8, 4) is 5.75 Å². The second-order valence-electron chi connectivity index (χ2n) is 5.03. The first-order chi connectivity index (χ1) is 10.5. The Hall–Kier alpha value is -2.34. The number of phenolic OH excluding ortho intramolecular Hbond substituents is 1. The molecule has 0 aromatic heterocycles. The Morgan fingerprint density at radius 3 is 2.68 bits per heavy atom. The minimum atomic E-state index is -0.706. The van der Waals surface area contributed by atoms with Crippen molar-refractivity contribution in [1.29, 1.82) is 0 Å². The number of carbonyl (C=O) groups is 2. The van der Waals surface area contributed by atoms with Gasteiger partial charge in [-0.05, 0) is 17.7 Å². The van der Waals surface area contributed by atoms with Crippen LogP contribution in [-0.4, -0.2) is 47.1 Å². The fourth-order valence-corrected chi connectivity index (χ4v) is 2.59. The zero-order chi connectivity index (χ0) is 16.3. The number of aliphatic hydroxyl groups is 1. The summed E-state index contributed by atoms with van der Waals surface area (Å²) in [5.74, 6) is -1.37. The predicted molar refractivity (Wildman–Crippen MR) is 79.4 cm³/mol. The van der Waals surface area contributed by atoms with Crippen molar-refractivity contribution in [2.75, 3.05) is 20.3 Å². The number of hydrogen-bond donors (Lipinski definition) is 2. The van der Waals surface area contributed by atoms with E-state index >= 15 is 0 Å². The highest BCUT2D eigenvalue weighted by Crippen LogP contribution is 2.38. The van der Waals surface area contributed by atoms with Crippen LogP contribution in [0.25, 0.3) is 0 Å². The van der Waals surface area contributed by atoms with Gasteiger partial charge in [-0.2, -0.15) is 0 Å². The summed E-state index contributed by atoms with van der Waals surface area (Å²) in [6.45, 7) is 2.19. The molecule has 0 saturated heterocycles. The Kier molecular flexibility index (Phi) is 4.82. The summed E-state index contributed by atoms with van der Waals surface area (Å²) < 4.78 is 4.99. The van der Waals surface area contributed by atoms with Crippen molar-refractivity contribution >= 4 is 11.7 Å². The van der Waals surface area contributed by atoms with E-state index in [0.717, 1.165) is 0 Å². The maximum atomic E-state index is 12.3. The number of amides is 1. The van der Waals surface area contributed by atoms with Crippen LogP contribution in [0.2, 0.25) is 0 Å². The van der Waals surface area contributed by atoms with Crippen molar-refractivity contribution in [3.05, 3.63) is 41.2 Å². The van der Waals surface area contributed by atoms with Crippen molar-refractivity contribution in [2.45, 2.75) is 19.4 Å². The number of phenols is 1. The highest BCUT2D eigenvalue weighted by molar-refractivity contribution is 6.08. The minimum Gasteiger partial charge on any atom is -0.508 e. The first kappa shape index (κ1) is 16.0. The average Bonchev–Trinajstić information content (AvgIpc) is 2.76. The van der Waals surface area contributed by atoms with E-state index in [9.17, 15) is 19.8 Å². The molecule has 22 heavy (non-hydrogen) atoms. The molecule has 0 radical (unpaired) electrons. The van der Waals surface area contributed by atoms with Gasteiger partial charge in [0.15, 0.2) is 11.5 Å². The van der Waals surface area contributed by atoms with E-state index < -0.39 is 17.7 Å². The minimum absolute atomic E-state index is 0.0336. The third-order valence-corrected chi connectivity index (χ3v) is 3.65. The van der Waals surface area contributed by atoms with Gasteiger partial charge in [0.1, 0.15) is 5.75 Å². The van der Waals surface area contributed by atoms with Gasteiger partial charge in [-0.3, -0.25) is 9.59 Å². The number of aromatic hydroxyl groups is 1. The fraction of sp³-hybridized carbons (Fsp3) is 0.375. The number of methoxy groups -OCH3 is 1. The van der Waals surface area contributed by atoms with E-state index in [2.05, 4.69) is 0 Å². The molecule has 1 amide bonds. The molecule has 2 rings (SSSR count). The maximum absolute atomic E-state index is 12.3. The van der Waals surface area contributed by atoms with Gasteiger partial charge in [-0.25, -0.2) is 0 Å². The van der Waals surface area contributed by atoms with Gasteiger partial charge in [0.2, 0.25) is 0 Å². The summed E-state index contributed by atoms with van der Waals surface area (Å²) in [6, 6.07) is 5.62. The third kappa shape index (κ3) is 2.82. The lowest BCUT2D eigenvalue weighted by atomic mass is 9.95.